The van der Waals surface area contributed by atoms with Gasteiger partial charge in [-0.1, -0.05) is 12.1 Å². The molecular formula is C19H20N4O4. The third-order valence-electron chi connectivity index (χ3n) is 4.57. The van der Waals surface area contributed by atoms with Crippen molar-refractivity contribution in [2.75, 3.05) is 23.3 Å². The zero-order chi connectivity index (χ0) is 19.4. The number of nitro groups is 1. The Hall–Kier alpha value is -3.42. The standard InChI is InChI=1S/C19H20N4O4/c20-18(24)13-8-9-17(22-10-4-1-5-11-22)15(12-13)21-19(25)14-6-2-3-7-16(14)23(26)27/h2-3,6-9,12H,1,4-5,10-11H2,(H2,20,24)(H,21,25). The predicted octanol–water partition coefficient (Wildman–Crippen LogP) is 2.94. The van der Waals surface area contributed by atoms with Crippen molar-refractivity contribution >= 4 is 28.9 Å². The number of hydrogen-bond acceptors (Lipinski definition) is 5. The molecule has 2 aromatic rings. The van der Waals surface area contributed by atoms with Gasteiger partial charge in [-0.25, -0.2) is 0 Å². The number of para-hydroxylation sites is 1. The van der Waals surface area contributed by atoms with Gasteiger partial charge in [0.25, 0.3) is 11.6 Å². The van der Waals surface area contributed by atoms with E-state index >= 15 is 0 Å². The van der Waals surface area contributed by atoms with Crippen molar-refractivity contribution < 1.29 is 14.5 Å². The average Bonchev–Trinajstić information content (AvgIpc) is 2.68. The topological polar surface area (TPSA) is 119 Å². The van der Waals surface area contributed by atoms with Gasteiger partial charge in [0.1, 0.15) is 5.56 Å². The van der Waals surface area contributed by atoms with Crippen LogP contribution in [0, 0.1) is 10.1 Å². The number of nitrogens with one attached hydrogen (secondary N) is 1. The molecule has 1 aliphatic rings. The Bertz CT molecular complexity index is 891. The molecule has 0 aliphatic carbocycles. The molecule has 2 aromatic carbocycles. The number of nitrogens with two attached hydrogens (primary N) is 1. The van der Waals surface area contributed by atoms with Crippen LogP contribution in [0.3, 0.4) is 0 Å². The van der Waals surface area contributed by atoms with Crippen molar-refractivity contribution in [2.45, 2.75) is 19.3 Å². The van der Waals surface area contributed by atoms with E-state index in [2.05, 4.69) is 10.2 Å². The summed E-state index contributed by atoms with van der Waals surface area (Å²) in [6, 6.07) is 10.6. The lowest BCUT2D eigenvalue weighted by Crippen LogP contribution is -2.30. The van der Waals surface area contributed by atoms with Gasteiger partial charge >= 0.3 is 0 Å². The number of nitro benzene ring substituents is 1. The maximum Gasteiger partial charge on any atom is 0.282 e. The molecule has 2 amide bonds. The number of piperidine rings is 1. The minimum atomic E-state index is -0.610. The summed E-state index contributed by atoms with van der Waals surface area (Å²) < 4.78 is 0. The van der Waals surface area contributed by atoms with E-state index in [1.807, 2.05) is 0 Å². The second-order valence-electron chi connectivity index (χ2n) is 6.37. The zero-order valence-electron chi connectivity index (χ0n) is 14.7. The molecule has 140 valence electrons. The van der Waals surface area contributed by atoms with Crippen LogP contribution < -0.4 is 16.0 Å². The molecule has 0 aromatic heterocycles. The van der Waals surface area contributed by atoms with Gasteiger partial charge in [-0.05, 0) is 43.5 Å². The maximum absolute atomic E-state index is 12.7. The van der Waals surface area contributed by atoms with Crippen LogP contribution in [0.4, 0.5) is 17.1 Å². The van der Waals surface area contributed by atoms with Gasteiger partial charge in [-0.15, -0.1) is 0 Å². The Labute approximate surface area is 156 Å². The second-order valence-corrected chi connectivity index (χ2v) is 6.37. The fraction of sp³-hybridized carbons (Fsp3) is 0.263. The quantitative estimate of drug-likeness (QED) is 0.621. The third-order valence-corrected chi connectivity index (χ3v) is 4.57. The summed E-state index contributed by atoms with van der Waals surface area (Å²) in [5.41, 5.74) is 6.48. The molecule has 3 N–H and O–H groups in total. The molecule has 0 radical (unpaired) electrons. The minimum absolute atomic E-state index is 0.0448. The summed E-state index contributed by atoms with van der Waals surface area (Å²) >= 11 is 0. The maximum atomic E-state index is 12.7. The van der Waals surface area contributed by atoms with Gasteiger partial charge in [-0.3, -0.25) is 19.7 Å². The molecule has 1 fully saturated rings. The second kappa shape index (κ2) is 7.86. The third kappa shape index (κ3) is 4.05. The van der Waals surface area contributed by atoms with Gasteiger partial charge in [0, 0.05) is 24.7 Å². The van der Waals surface area contributed by atoms with E-state index in [4.69, 9.17) is 5.73 Å². The first kappa shape index (κ1) is 18.4. The van der Waals surface area contributed by atoms with E-state index in [0.717, 1.165) is 38.0 Å². The van der Waals surface area contributed by atoms with Crippen molar-refractivity contribution in [1.82, 2.24) is 0 Å². The number of carbonyl (C=O) groups excluding carboxylic acids is 2. The molecule has 0 unspecified atom stereocenters. The summed E-state index contributed by atoms with van der Waals surface area (Å²) in [6.45, 7) is 1.68. The highest BCUT2D eigenvalue weighted by molar-refractivity contribution is 6.09. The summed E-state index contributed by atoms with van der Waals surface area (Å²) in [7, 11) is 0. The van der Waals surface area contributed by atoms with Crippen molar-refractivity contribution in [2.24, 2.45) is 5.73 Å². The molecule has 1 aliphatic heterocycles. The summed E-state index contributed by atoms with van der Waals surface area (Å²) in [5, 5.41) is 13.9. The molecule has 0 spiro atoms. The van der Waals surface area contributed by atoms with Gasteiger partial charge < -0.3 is 16.0 Å². The Kier molecular flexibility index (Phi) is 5.35. The smallest absolute Gasteiger partial charge is 0.282 e. The number of rotatable bonds is 5. The Morgan fingerprint density at radius 3 is 2.44 bits per heavy atom. The number of amides is 2. The van der Waals surface area contributed by atoms with E-state index < -0.39 is 16.7 Å². The van der Waals surface area contributed by atoms with E-state index in [1.165, 1.54) is 24.3 Å². The lowest BCUT2D eigenvalue weighted by atomic mass is 10.1. The van der Waals surface area contributed by atoms with Crippen LogP contribution in [0.2, 0.25) is 0 Å². The number of anilines is 2. The first-order valence-corrected chi connectivity index (χ1v) is 8.71. The fourth-order valence-corrected chi connectivity index (χ4v) is 3.21. The van der Waals surface area contributed by atoms with E-state index in [-0.39, 0.29) is 16.8 Å². The van der Waals surface area contributed by atoms with Crippen LogP contribution in [0.15, 0.2) is 42.5 Å². The highest BCUT2D eigenvalue weighted by atomic mass is 16.6. The molecule has 8 heteroatoms. The molecule has 27 heavy (non-hydrogen) atoms. The Morgan fingerprint density at radius 2 is 1.78 bits per heavy atom. The normalized spacial score (nSPS) is 13.9. The van der Waals surface area contributed by atoms with Crippen molar-refractivity contribution in [3.8, 4) is 0 Å². The minimum Gasteiger partial charge on any atom is -0.370 e. The Balaban J connectivity index is 1.97. The molecule has 1 saturated heterocycles. The van der Waals surface area contributed by atoms with Crippen LogP contribution in [0.5, 0.6) is 0 Å². The first-order valence-electron chi connectivity index (χ1n) is 8.71. The van der Waals surface area contributed by atoms with Crippen LogP contribution >= 0.6 is 0 Å². The van der Waals surface area contributed by atoms with Crippen LogP contribution in [-0.4, -0.2) is 29.8 Å². The predicted molar refractivity (Wildman–Crippen MR) is 102 cm³/mol. The number of primary amides is 1. The van der Waals surface area contributed by atoms with Gasteiger partial charge in [0.05, 0.1) is 16.3 Å². The number of carbonyl (C=O) groups is 2. The molecular weight excluding hydrogens is 348 g/mol. The van der Waals surface area contributed by atoms with E-state index in [9.17, 15) is 19.7 Å². The lowest BCUT2D eigenvalue weighted by Gasteiger charge is -2.30. The number of hydrogen-bond donors (Lipinski definition) is 2. The van der Waals surface area contributed by atoms with Gasteiger partial charge in [-0.2, -0.15) is 0 Å². The molecule has 1 heterocycles. The average molecular weight is 368 g/mol. The van der Waals surface area contributed by atoms with Crippen molar-refractivity contribution in [3.05, 3.63) is 63.7 Å². The van der Waals surface area contributed by atoms with Crippen molar-refractivity contribution in [1.29, 1.82) is 0 Å². The fourth-order valence-electron chi connectivity index (χ4n) is 3.21. The Morgan fingerprint density at radius 1 is 1.07 bits per heavy atom. The SMILES string of the molecule is NC(=O)c1ccc(N2CCCCC2)c(NC(=O)c2ccccc2[N+](=O)[O-])c1. The zero-order valence-corrected chi connectivity index (χ0v) is 14.7. The molecule has 8 nitrogen and oxygen atoms in total. The van der Waals surface area contributed by atoms with Gasteiger partial charge in [0.2, 0.25) is 5.91 Å². The summed E-state index contributed by atoms with van der Waals surface area (Å²) in [6.07, 6.45) is 3.22. The van der Waals surface area contributed by atoms with Crippen LogP contribution in [-0.2, 0) is 0 Å². The van der Waals surface area contributed by atoms with Gasteiger partial charge in [0.15, 0.2) is 0 Å². The summed E-state index contributed by atoms with van der Waals surface area (Å²) in [4.78, 5) is 37.0. The number of nitrogens with zero attached hydrogens (tertiary/aromatic N) is 2. The lowest BCUT2D eigenvalue weighted by molar-refractivity contribution is -0.385. The molecule has 3 rings (SSSR count). The molecule has 0 atom stereocenters. The van der Waals surface area contributed by atoms with Crippen LogP contribution in [0.25, 0.3) is 0 Å². The van der Waals surface area contributed by atoms with E-state index in [0.29, 0.717) is 5.69 Å². The summed E-state index contributed by atoms with van der Waals surface area (Å²) in [5.74, 6) is -1.22. The number of benzene rings is 2. The molecule has 0 bridgehead atoms. The molecule has 0 saturated carbocycles. The highest BCUT2D eigenvalue weighted by Gasteiger charge is 2.22. The van der Waals surface area contributed by atoms with E-state index in [1.54, 1.807) is 18.2 Å². The van der Waals surface area contributed by atoms with Crippen molar-refractivity contribution in [3.63, 3.8) is 0 Å². The highest BCUT2D eigenvalue weighted by Crippen LogP contribution is 2.31. The first-order chi connectivity index (χ1) is 13.0. The van der Waals surface area contributed by atoms with Crippen LogP contribution in [0.1, 0.15) is 40.0 Å². The monoisotopic (exact) mass is 368 g/mol. The largest absolute Gasteiger partial charge is 0.370 e.